The molecule has 0 radical (unpaired) electrons. The third-order valence-corrected chi connectivity index (χ3v) is 4.18. The molecule has 0 aliphatic heterocycles. The molecule has 9 nitrogen and oxygen atoms in total. The van der Waals surface area contributed by atoms with Crippen molar-refractivity contribution in [2.75, 3.05) is 25.5 Å². The van der Waals surface area contributed by atoms with Crippen LogP contribution in [0.25, 0.3) is 11.6 Å². The minimum absolute atomic E-state index is 0.0476. The molecule has 0 aliphatic rings. The summed E-state index contributed by atoms with van der Waals surface area (Å²) in [7, 11) is 1.55. The number of amides is 2. The maximum atomic E-state index is 12.5. The van der Waals surface area contributed by atoms with Gasteiger partial charge in [-0.05, 0) is 31.2 Å². The molecule has 9 heteroatoms. The molecule has 0 atom stereocenters. The molecule has 2 aromatic heterocycles. The summed E-state index contributed by atoms with van der Waals surface area (Å²) in [6.07, 6.45) is 1.95. The molecule has 2 heterocycles. The van der Waals surface area contributed by atoms with Gasteiger partial charge in [-0.1, -0.05) is 11.2 Å². The standard InChI is InChI=1S/C20H22N4O5/c1-3-24(13-17(25)21-14-6-4-7-15(12-14)27-2)19(26)10-9-18-22-20(23-29-18)16-8-5-11-28-16/h4-8,11-12H,3,9-10,13H2,1-2H3,(H,21,25). The number of methoxy groups -OCH3 is 1. The number of carbonyl (C=O) groups excluding carboxylic acids is 2. The van der Waals surface area contributed by atoms with Gasteiger partial charge in [-0.15, -0.1) is 0 Å². The second-order valence-corrected chi connectivity index (χ2v) is 6.18. The van der Waals surface area contributed by atoms with Crippen LogP contribution in [0.15, 0.2) is 51.6 Å². The average Bonchev–Trinajstić information content (AvgIpc) is 3.42. The summed E-state index contributed by atoms with van der Waals surface area (Å²) in [4.78, 5) is 30.5. The minimum Gasteiger partial charge on any atom is -0.497 e. The van der Waals surface area contributed by atoms with Gasteiger partial charge in [0.05, 0.1) is 19.9 Å². The molecule has 0 spiro atoms. The van der Waals surface area contributed by atoms with Crippen molar-refractivity contribution in [3.05, 3.63) is 48.6 Å². The van der Waals surface area contributed by atoms with E-state index in [2.05, 4.69) is 15.5 Å². The summed E-state index contributed by atoms with van der Waals surface area (Å²) >= 11 is 0. The highest BCUT2D eigenvalue weighted by molar-refractivity contribution is 5.94. The number of hydrogen-bond acceptors (Lipinski definition) is 7. The van der Waals surface area contributed by atoms with Crippen LogP contribution >= 0.6 is 0 Å². The number of benzene rings is 1. The molecule has 0 saturated carbocycles. The van der Waals surface area contributed by atoms with Crippen molar-refractivity contribution < 1.29 is 23.3 Å². The van der Waals surface area contributed by atoms with E-state index >= 15 is 0 Å². The van der Waals surface area contributed by atoms with E-state index in [1.807, 2.05) is 6.92 Å². The molecule has 0 bridgehead atoms. The predicted molar refractivity (Wildman–Crippen MR) is 104 cm³/mol. The van der Waals surface area contributed by atoms with Gasteiger partial charge in [-0.25, -0.2) is 0 Å². The Morgan fingerprint density at radius 3 is 2.83 bits per heavy atom. The van der Waals surface area contributed by atoms with Gasteiger partial charge in [-0.3, -0.25) is 9.59 Å². The lowest BCUT2D eigenvalue weighted by Gasteiger charge is -2.20. The average molecular weight is 398 g/mol. The fraction of sp³-hybridized carbons (Fsp3) is 0.300. The maximum Gasteiger partial charge on any atom is 0.243 e. The van der Waals surface area contributed by atoms with Crippen LogP contribution in [0.4, 0.5) is 5.69 Å². The Morgan fingerprint density at radius 2 is 2.10 bits per heavy atom. The number of ether oxygens (including phenoxy) is 1. The first kappa shape index (κ1) is 20.1. The number of nitrogens with one attached hydrogen (secondary N) is 1. The van der Waals surface area contributed by atoms with Crippen molar-refractivity contribution in [2.45, 2.75) is 19.8 Å². The molecule has 0 unspecified atom stereocenters. The van der Waals surface area contributed by atoms with E-state index in [9.17, 15) is 9.59 Å². The highest BCUT2D eigenvalue weighted by Gasteiger charge is 2.18. The monoisotopic (exact) mass is 398 g/mol. The van der Waals surface area contributed by atoms with E-state index in [0.29, 0.717) is 35.5 Å². The molecule has 2 amide bonds. The van der Waals surface area contributed by atoms with Crippen LogP contribution in [0.3, 0.4) is 0 Å². The molecule has 0 saturated heterocycles. The first-order valence-electron chi connectivity index (χ1n) is 9.17. The largest absolute Gasteiger partial charge is 0.497 e. The zero-order valence-electron chi connectivity index (χ0n) is 16.3. The number of likely N-dealkylation sites (N-methyl/N-ethyl adjacent to an activating group) is 1. The fourth-order valence-electron chi connectivity index (χ4n) is 2.69. The van der Waals surface area contributed by atoms with Gasteiger partial charge in [0.2, 0.25) is 23.5 Å². The summed E-state index contributed by atoms with van der Waals surface area (Å²) in [5, 5.41) is 6.60. The number of hydrogen-bond donors (Lipinski definition) is 1. The number of rotatable bonds is 9. The van der Waals surface area contributed by atoms with Crippen LogP contribution in [-0.2, 0) is 16.0 Å². The van der Waals surface area contributed by atoms with Gasteiger partial charge in [0, 0.05) is 31.1 Å². The molecule has 0 fully saturated rings. The zero-order chi connectivity index (χ0) is 20.6. The van der Waals surface area contributed by atoms with Gasteiger partial charge in [0.15, 0.2) is 5.76 Å². The molecule has 29 heavy (non-hydrogen) atoms. The molecular formula is C20H22N4O5. The summed E-state index contributed by atoms with van der Waals surface area (Å²) < 4.78 is 15.5. The van der Waals surface area contributed by atoms with E-state index in [0.717, 1.165) is 0 Å². The zero-order valence-corrected chi connectivity index (χ0v) is 16.3. The number of anilines is 1. The number of aryl methyl sites for hydroxylation is 1. The molecule has 3 rings (SSSR count). The van der Waals surface area contributed by atoms with Crippen molar-refractivity contribution in [3.63, 3.8) is 0 Å². The quantitative estimate of drug-likeness (QED) is 0.590. The van der Waals surface area contributed by atoms with Crippen LogP contribution in [-0.4, -0.2) is 47.1 Å². The highest BCUT2D eigenvalue weighted by atomic mass is 16.5. The number of nitrogens with zero attached hydrogens (tertiary/aromatic N) is 3. The van der Waals surface area contributed by atoms with Crippen molar-refractivity contribution in [3.8, 4) is 17.3 Å². The van der Waals surface area contributed by atoms with Crippen LogP contribution in [0.2, 0.25) is 0 Å². The van der Waals surface area contributed by atoms with Crippen molar-refractivity contribution in [1.29, 1.82) is 0 Å². The highest BCUT2D eigenvalue weighted by Crippen LogP contribution is 2.17. The lowest BCUT2D eigenvalue weighted by atomic mass is 10.2. The normalized spacial score (nSPS) is 10.6. The van der Waals surface area contributed by atoms with E-state index in [1.165, 1.54) is 11.2 Å². The molecule has 0 aliphatic carbocycles. The van der Waals surface area contributed by atoms with E-state index in [-0.39, 0.29) is 31.2 Å². The van der Waals surface area contributed by atoms with E-state index < -0.39 is 0 Å². The van der Waals surface area contributed by atoms with Gasteiger partial charge >= 0.3 is 0 Å². The van der Waals surface area contributed by atoms with Crippen LogP contribution in [0, 0.1) is 0 Å². The van der Waals surface area contributed by atoms with E-state index in [1.54, 1.807) is 43.5 Å². The Kier molecular flexibility index (Phi) is 6.62. The number of carbonyl (C=O) groups is 2. The van der Waals surface area contributed by atoms with Crippen molar-refractivity contribution in [1.82, 2.24) is 15.0 Å². The first-order valence-corrected chi connectivity index (χ1v) is 9.17. The van der Waals surface area contributed by atoms with Gasteiger partial charge < -0.3 is 23.9 Å². The van der Waals surface area contributed by atoms with Gasteiger partial charge in [0.25, 0.3) is 0 Å². The maximum absolute atomic E-state index is 12.5. The van der Waals surface area contributed by atoms with Crippen LogP contribution in [0.1, 0.15) is 19.2 Å². The van der Waals surface area contributed by atoms with Crippen molar-refractivity contribution >= 4 is 17.5 Å². The molecule has 152 valence electrons. The summed E-state index contributed by atoms with van der Waals surface area (Å²) in [6.45, 7) is 2.18. The lowest BCUT2D eigenvalue weighted by molar-refractivity contribution is -0.134. The third kappa shape index (κ3) is 5.44. The van der Waals surface area contributed by atoms with Crippen molar-refractivity contribution in [2.24, 2.45) is 0 Å². The summed E-state index contributed by atoms with van der Waals surface area (Å²) in [6, 6.07) is 10.5. The van der Waals surface area contributed by atoms with Crippen LogP contribution < -0.4 is 10.1 Å². The Balaban J connectivity index is 1.51. The minimum atomic E-state index is -0.286. The lowest BCUT2D eigenvalue weighted by Crippen LogP contribution is -2.38. The Hall–Kier alpha value is -3.62. The number of furan rings is 1. The molecular weight excluding hydrogens is 376 g/mol. The van der Waals surface area contributed by atoms with Gasteiger partial charge in [0.1, 0.15) is 5.75 Å². The smallest absolute Gasteiger partial charge is 0.243 e. The second-order valence-electron chi connectivity index (χ2n) is 6.18. The topological polar surface area (TPSA) is 111 Å². The van der Waals surface area contributed by atoms with Gasteiger partial charge in [-0.2, -0.15) is 4.98 Å². The Bertz CT molecular complexity index is 951. The predicted octanol–water partition coefficient (Wildman–Crippen LogP) is 2.76. The molecule has 1 N–H and O–H groups in total. The SMILES string of the molecule is CCN(CC(=O)Nc1cccc(OC)c1)C(=O)CCc1nc(-c2ccco2)no1. The fourth-order valence-corrected chi connectivity index (χ4v) is 2.69. The second kappa shape index (κ2) is 9.54. The molecule has 3 aromatic rings. The first-order chi connectivity index (χ1) is 14.1. The Labute approximate surface area is 167 Å². The Morgan fingerprint density at radius 1 is 1.24 bits per heavy atom. The summed E-state index contributed by atoms with van der Waals surface area (Å²) in [5.41, 5.74) is 0.606. The third-order valence-electron chi connectivity index (χ3n) is 4.18. The summed E-state index contributed by atoms with van der Waals surface area (Å²) in [5.74, 6) is 1.34. The van der Waals surface area contributed by atoms with Crippen LogP contribution in [0.5, 0.6) is 5.75 Å². The number of aromatic nitrogens is 2. The van der Waals surface area contributed by atoms with E-state index in [4.69, 9.17) is 13.7 Å². The molecule has 1 aromatic carbocycles.